The molecule has 1 aromatic carbocycles. The summed E-state index contributed by atoms with van der Waals surface area (Å²) in [6.07, 6.45) is 0. The van der Waals surface area contributed by atoms with Crippen molar-refractivity contribution in [2.75, 3.05) is 0 Å². The van der Waals surface area contributed by atoms with Gasteiger partial charge >= 0.3 is 5.69 Å². The van der Waals surface area contributed by atoms with Crippen molar-refractivity contribution < 1.29 is 0 Å². The molecule has 2 rings (SSSR count). The molecule has 0 spiro atoms. The Bertz CT molecular complexity index is 508. The van der Waals surface area contributed by atoms with Crippen LogP contribution in [0.3, 0.4) is 0 Å². The van der Waals surface area contributed by atoms with Gasteiger partial charge in [-0.3, -0.25) is 4.98 Å². The van der Waals surface area contributed by atoms with Gasteiger partial charge in [0.1, 0.15) is 5.82 Å². The SMILES string of the molecule is O=c1[nH]nc(CSc2cccc(Br)c2)[nH]1. The normalized spacial score (nSPS) is 10.5. The fraction of sp³-hybridized carbons (Fsp3) is 0.111. The summed E-state index contributed by atoms with van der Waals surface area (Å²) in [5, 5.41) is 6.16. The highest BCUT2D eigenvalue weighted by molar-refractivity contribution is 9.10. The summed E-state index contributed by atoms with van der Waals surface area (Å²) in [6, 6.07) is 7.98. The molecule has 0 unspecified atom stereocenters. The van der Waals surface area contributed by atoms with Crippen LogP contribution in [0.1, 0.15) is 5.82 Å². The van der Waals surface area contributed by atoms with Crippen molar-refractivity contribution >= 4 is 27.7 Å². The van der Waals surface area contributed by atoms with Crippen molar-refractivity contribution in [3.63, 3.8) is 0 Å². The summed E-state index contributed by atoms with van der Waals surface area (Å²) < 4.78 is 1.04. The molecule has 2 aromatic rings. The molecule has 0 aliphatic heterocycles. The number of aromatic amines is 2. The van der Waals surface area contributed by atoms with E-state index in [0.29, 0.717) is 11.6 Å². The first-order valence-corrected chi connectivity index (χ1v) is 6.04. The Balaban J connectivity index is 2.02. The minimum atomic E-state index is -0.264. The Kier molecular flexibility index (Phi) is 3.27. The van der Waals surface area contributed by atoms with Gasteiger partial charge in [0.2, 0.25) is 0 Å². The minimum absolute atomic E-state index is 0.264. The van der Waals surface area contributed by atoms with E-state index < -0.39 is 0 Å². The van der Waals surface area contributed by atoms with Crippen molar-refractivity contribution in [2.24, 2.45) is 0 Å². The van der Waals surface area contributed by atoms with Crippen LogP contribution in [0.5, 0.6) is 0 Å². The minimum Gasteiger partial charge on any atom is -0.292 e. The summed E-state index contributed by atoms with van der Waals surface area (Å²) in [7, 11) is 0. The van der Waals surface area contributed by atoms with E-state index in [1.807, 2.05) is 24.3 Å². The molecule has 78 valence electrons. The molecule has 0 bridgehead atoms. The van der Waals surface area contributed by atoms with Crippen LogP contribution in [0.25, 0.3) is 0 Å². The Morgan fingerprint density at radius 3 is 3.00 bits per heavy atom. The van der Waals surface area contributed by atoms with Gasteiger partial charge in [0, 0.05) is 9.37 Å². The van der Waals surface area contributed by atoms with Crippen LogP contribution in [0.15, 0.2) is 38.4 Å². The molecule has 6 heteroatoms. The number of rotatable bonds is 3. The Morgan fingerprint density at radius 1 is 1.47 bits per heavy atom. The molecule has 0 saturated heterocycles. The van der Waals surface area contributed by atoms with Crippen LogP contribution >= 0.6 is 27.7 Å². The average Bonchev–Trinajstić information content (AvgIpc) is 2.62. The average molecular weight is 286 g/mol. The number of hydrogen-bond acceptors (Lipinski definition) is 3. The zero-order valence-corrected chi connectivity index (χ0v) is 10.1. The maximum atomic E-state index is 10.8. The lowest BCUT2D eigenvalue weighted by Crippen LogP contribution is -2.00. The molecule has 0 fully saturated rings. The summed E-state index contributed by atoms with van der Waals surface area (Å²) >= 11 is 5.02. The molecule has 15 heavy (non-hydrogen) atoms. The monoisotopic (exact) mass is 285 g/mol. The quantitative estimate of drug-likeness (QED) is 0.850. The molecular formula is C9H8BrN3OS. The number of H-pyrrole nitrogens is 2. The molecule has 1 heterocycles. The van der Waals surface area contributed by atoms with E-state index in [0.717, 1.165) is 9.37 Å². The number of benzene rings is 1. The van der Waals surface area contributed by atoms with Crippen molar-refractivity contribution in [1.29, 1.82) is 0 Å². The van der Waals surface area contributed by atoms with Crippen LogP contribution in [-0.4, -0.2) is 15.2 Å². The third-order valence-electron chi connectivity index (χ3n) is 1.72. The van der Waals surface area contributed by atoms with Crippen LogP contribution in [0.2, 0.25) is 0 Å². The first-order valence-electron chi connectivity index (χ1n) is 4.26. The highest BCUT2D eigenvalue weighted by atomic mass is 79.9. The van der Waals surface area contributed by atoms with Gasteiger partial charge < -0.3 is 0 Å². The lowest BCUT2D eigenvalue weighted by atomic mass is 10.4. The van der Waals surface area contributed by atoms with E-state index in [4.69, 9.17) is 0 Å². The van der Waals surface area contributed by atoms with Crippen LogP contribution in [0, 0.1) is 0 Å². The topological polar surface area (TPSA) is 61.5 Å². The van der Waals surface area contributed by atoms with Crippen molar-refractivity contribution in [2.45, 2.75) is 10.6 Å². The highest BCUT2D eigenvalue weighted by Gasteiger charge is 2.00. The molecule has 0 atom stereocenters. The zero-order chi connectivity index (χ0) is 10.7. The van der Waals surface area contributed by atoms with Crippen molar-refractivity contribution in [3.05, 3.63) is 45.0 Å². The lowest BCUT2D eigenvalue weighted by Gasteiger charge is -1.98. The predicted octanol–water partition coefficient (Wildman–Crippen LogP) is 2.15. The van der Waals surface area contributed by atoms with Gasteiger partial charge in [-0.15, -0.1) is 11.8 Å². The van der Waals surface area contributed by atoms with Gasteiger partial charge in [-0.2, -0.15) is 5.10 Å². The largest absolute Gasteiger partial charge is 0.340 e. The smallest absolute Gasteiger partial charge is 0.292 e. The molecule has 0 aliphatic carbocycles. The van der Waals surface area contributed by atoms with Gasteiger partial charge in [0.25, 0.3) is 0 Å². The molecule has 0 saturated carbocycles. The van der Waals surface area contributed by atoms with Gasteiger partial charge in [-0.1, -0.05) is 22.0 Å². The first kappa shape index (κ1) is 10.5. The molecule has 0 aliphatic rings. The summed E-state index contributed by atoms with van der Waals surface area (Å²) in [6.45, 7) is 0. The zero-order valence-electron chi connectivity index (χ0n) is 7.66. The summed E-state index contributed by atoms with van der Waals surface area (Å²) in [5.74, 6) is 1.31. The Morgan fingerprint density at radius 2 is 2.33 bits per heavy atom. The van der Waals surface area contributed by atoms with Crippen molar-refractivity contribution in [1.82, 2.24) is 15.2 Å². The van der Waals surface area contributed by atoms with Gasteiger partial charge in [-0.05, 0) is 18.2 Å². The Hall–Kier alpha value is -1.01. The van der Waals surface area contributed by atoms with Crippen LogP contribution < -0.4 is 5.69 Å². The number of aromatic nitrogens is 3. The second-order valence-corrected chi connectivity index (χ2v) is 4.83. The number of nitrogens with zero attached hydrogens (tertiary/aromatic N) is 1. The van der Waals surface area contributed by atoms with E-state index in [1.165, 1.54) is 0 Å². The highest BCUT2D eigenvalue weighted by Crippen LogP contribution is 2.23. The number of hydrogen-bond donors (Lipinski definition) is 2. The molecule has 0 radical (unpaired) electrons. The molecule has 0 amide bonds. The number of halogens is 1. The van der Waals surface area contributed by atoms with Gasteiger partial charge in [0.05, 0.1) is 5.75 Å². The Labute approximate surface area is 98.6 Å². The maximum absolute atomic E-state index is 10.8. The third-order valence-corrected chi connectivity index (χ3v) is 3.22. The predicted molar refractivity (Wildman–Crippen MR) is 62.9 cm³/mol. The fourth-order valence-corrected chi connectivity index (χ4v) is 2.46. The molecule has 4 nitrogen and oxygen atoms in total. The van der Waals surface area contributed by atoms with E-state index in [2.05, 4.69) is 31.1 Å². The van der Waals surface area contributed by atoms with Crippen molar-refractivity contribution in [3.8, 4) is 0 Å². The summed E-state index contributed by atoms with van der Waals surface area (Å²) in [4.78, 5) is 14.5. The molecular weight excluding hydrogens is 278 g/mol. The molecule has 2 N–H and O–H groups in total. The number of nitrogens with one attached hydrogen (secondary N) is 2. The fourth-order valence-electron chi connectivity index (χ4n) is 1.08. The van der Waals surface area contributed by atoms with E-state index in [-0.39, 0.29) is 5.69 Å². The third kappa shape index (κ3) is 2.97. The second kappa shape index (κ2) is 4.67. The summed E-state index contributed by atoms with van der Waals surface area (Å²) in [5.41, 5.74) is -0.264. The second-order valence-electron chi connectivity index (χ2n) is 2.87. The first-order chi connectivity index (χ1) is 7.24. The van der Waals surface area contributed by atoms with E-state index in [1.54, 1.807) is 11.8 Å². The van der Waals surface area contributed by atoms with Crippen LogP contribution in [-0.2, 0) is 5.75 Å². The lowest BCUT2D eigenvalue weighted by molar-refractivity contribution is 1.01. The van der Waals surface area contributed by atoms with E-state index in [9.17, 15) is 4.79 Å². The van der Waals surface area contributed by atoms with Gasteiger partial charge in [0.15, 0.2) is 0 Å². The molecule has 1 aromatic heterocycles. The van der Waals surface area contributed by atoms with Gasteiger partial charge in [-0.25, -0.2) is 9.89 Å². The number of thioether (sulfide) groups is 1. The standard InChI is InChI=1S/C9H8BrN3OS/c10-6-2-1-3-7(4-6)15-5-8-11-9(14)13-12-8/h1-4H,5H2,(H2,11,12,13,14). The van der Waals surface area contributed by atoms with Crippen LogP contribution in [0.4, 0.5) is 0 Å². The van der Waals surface area contributed by atoms with E-state index >= 15 is 0 Å². The maximum Gasteiger partial charge on any atom is 0.340 e.